The molecule has 3 aromatic carbocycles. The predicted octanol–water partition coefficient (Wildman–Crippen LogP) is 5.20. The van der Waals surface area contributed by atoms with E-state index in [0.717, 1.165) is 62.3 Å². The lowest BCUT2D eigenvalue weighted by molar-refractivity contribution is -0.120. The SMILES string of the molecule is O=C(CN1CCN(CCOCc2ccc(F)cc2)CC1)N1CCCC(c2ccc(F)cc2)c2ccc(F)cc21. The van der Waals surface area contributed by atoms with E-state index < -0.39 is 0 Å². The van der Waals surface area contributed by atoms with Crippen molar-refractivity contribution in [3.8, 4) is 0 Å². The van der Waals surface area contributed by atoms with Crippen LogP contribution in [0.1, 0.15) is 35.4 Å². The van der Waals surface area contributed by atoms with Crippen LogP contribution < -0.4 is 4.90 Å². The highest BCUT2D eigenvalue weighted by Crippen LogP contribution is 2.39. The third-order valence-corrected chi connectivity index (χ3v) is 7.66. The van der Waals surface area contributed by atoms with E-state index in [2.05, 4.69) is 9.80 Å². The Labute approximate surface area is 227 Å². The van der Waals surface area contributed by atoms with Crippen molar-refractivity contribution in [1.29, 1.82) is 0 Å². The Morgan fingerprint density at radius 3 is 2.15 bits per heavy atom. The van der Waals surface area contributed by atoms with Gasteiger partial charge in [-0.2, -0.15) is 0 Å². The Bertz CT molecular complexity index is 1240. The van der Waals surface area contributed by atoms with Crippen molar-refractivity contribution >= 4 is 11.6 Å². The monoisotopic (exact) mass is 537 g/mol. The third-order valence-electron chi connectivity index (χ3n) is 7.66. The van der Waals surface area contributed by atoms with Crippen LogP contribution in [0.15, 0.2) is 66.7 Å². The summed E-state index contributed by atoms with van der Waals surface area (Å²) in [5, 5.41) is 0. The van der Waals surface area contributed by atoms with Gasteiger partial charge >= 0.3 is 0 Å². The number of rotatable bonds is 8. The van der Waals surface area contributed by atoms with E-state index >= 15 is 0 Å². The number of hydrogen-bond acceptors (Lipinski definition) is 4. The highest BCUT2D eigenvalue weighted by Gasteiger charge is 2.29. The molecule has 0 N–H and O–H groups in total. The molecule has 3 aromatic rings. The molecule has 8 heteroatoms. The van der Waals surface area contributed by atoms with Crippen molar-refractivity contribution in [2.24, 2.45) is 0 Å². The minimum Gasteiger partial charge on any atom is -0.375 e. The van der Waals surface area contributed by atoms with Gasteiger partial charge in [0.25, 0.3) is 0 Å². The first-order chi connectivity index (χ1) is 19.0. The summed E-state index contributed by atoms with van der Waals surface area (Å²) in [6.07, 6.45) is 1.58. The van der Waals surface area contributed by atoms with E-state index in [1.807, 2.05) is 0 Å². The van der Waals surface area contributed by atoms with E-state index in [0.29, 0.717) is 25.4 Å². The Morgan fingerprint density at radius 1 is 0.795 bits per heavy atom. The van der Waals surface area contributed by atoms with Crippen LogP contribution in [0.2, 0.25) is 0 Å². The van der Waals surface area contributed by atoms with Crippen LogP contribution in [0, 0.1) is 17.5 Å². The van der Waals surface area contributed by atoms with Crippen LogP contribution in [0.4, 0.5) is 18.9 Å². The molecule has 1 fully saturated rings. The van der Waals surface area contributed by atoms with Crippen LogP contribution in [0.5, 0.6) is 0 Å². The fourth-order valence-corrected chi connectivity index (χ4v) is 5.49. The molecule has 0 aliphatic carbocycles. The molecule has 0 aromatic heterocycles. The second-order valence-electron chi connectivity index (χ2n) is 10.3. The lowest BCUT2D eigenvalue weighted by Crippen LogP contribution is -2.50. The van der Waals surface area contributed by atoms with E-state index in [-0.39, 0.29) is 35.8 Å². The number of anilines is 1. The van der Waals surface area contributed by atoms with E-state index in [4.69, 9.17) is 4.74 Å². The molecule has 1 saturated heterocycles. The number of amides is 1. The molecular weight excluding hydrogens is 503 g/mol. The first-order valence-electron chi connectivity index (χ1n) is 13.6. The fourth-order valence-electron chi connectivity index (χ4n) is 5.49. The molecule has 1 unspecified atom stereocenters. The number of carbonyl (C=O) groups excluding carboxylic acids is 1. The number of ether oxygens (including phenoxy) is 1. The highest BCUT2D eigenvalue weighted by atomic mass is 19.1. The minimum atomic E-state index is -0.374. The Hall–Kier alpha value is -3.20. The number of piperazine rings is 1. The van der Waals surface area contributed by atoms with Crippen molar-refractivity contribution in [3.05, 3.63) is 101 Å². The number of benzene rings is 3. The van der Waals surface area contributed by atoms with Crippen molar-refractivity contribution < 1.29 is 22.7 Å². The number of halogens is 3. The summed E-state index contributed by atoms with van der Waals surface area (Å²) >= 11 is 0. The van der Waals surface area contributed by atoms with E-state index in [1.54, 1.807) is 35.2 Å². The smallest absolute Gasteiger partial charge is 0.241 e. The zero-order valence-electron chi connectivity index (χ0n) is 22.0. The first-order valence-corrected chi connectivity index (χ1v) is 13.6. The number of fused-ring (bicyclic) bond motifs is 1. The lowest BCUT2D eigenvalue weighted by atomic mass is 9.87. The molecule has 5 nitrogen and oxygen atoms in total. The van der Waals surface area contributed by atoms with Gasteiger partial charge in [0.15, 0.2) is 0 Å². The average molecular weight is 538 g/mol. The second kappa shape index (κ2) is 12.8. The van der Waals surface area contributed by atoms with Crippen LogP contribution >= 0.6 is 0 Å². The molecule has 2 aliphatic rings. The van der Waals surface area contributed by atoms with Gasteiger partial charge in [0.2, 0.25) is 5.91 Å². The molecule has 0 radical (unpaired) electrons. The number of carbonyl (C=O) groups is 1. The van der Waals surface area contributed by atoms with Crippen LogP contribution in [0.3, 0.4) is 0 Å². The Kier molecular flexibility index (Phi) is 8.96. The normalized spacial score (nSPS) is 18.5. The van der Waals surface area contributed by atoms with Gasteiger partial charge in [-0.1, -0.05) is 30.3 Å². The second-order valence-corrected chi connectivity index (χ2v) is 10.3. The van der Waals surface area contributed by atoms with Gasteiger partial charge in [0.05, 0.1) is 25.4 Å². The molecule has 2 aliphatic heterocycles. The van der Waals surface area contributed by atoms with Gasteiger partial charge in [-0.05, 0) is 65.9 Å². The fraction of sp³-hybridized carbons (Fsp3) is 0.387. The molecule has 206 valence electrons. The van der Waals surface area contributed by atoms with Crippen LogP contribution in [-0.2, 0) is 16.1 Å². The Morgan fingerprint density at radius 2 is 1.44 bits per heavy atom. The summed E-state index contributed by atoms with van der Waals surface area (Å²) in [5.74, 6) is -0.968. The summed E-state index contributed by atoms with van der Waals surface area (Å²) in [7, 11) is 0. The summed E-state index contributed by atoms with van der Waals surface area (Å²) < 4.78 is 46.7. The van der Waals surface area contributed by atoms with Crippen LogP contribution in [-0.4, -0.2) is 68.1 Å². The summed E-state index contributed by atoms with van der Waals surface area (Å²) in [4.78, 5) is 19.7. The summed E-state index contributed by atoms with van der Waals surface area (Å²) in [6, 6.07) is 17.4. The molecule has 0 spiro atoms. The third kappa shape index (κ3) is 7.06. The zero-order chi connectivity index (χ0) is 27.2. The maximum Gasteiger partial charge on any atom is 0.241 e. The van der Waals surface area contributed by atoms with Gasteiger partial charge in [0, 0.05) is 45.2 Å². The minimum absolute atomic E-state index is 0.0205. The molecule has 1 atom stereocenters. The van der Waals surface area contributed by atoms with Crippen LogP contribution in [0.25, 0.3) is 0 Å². The first kappa shape index (κ1) is 27.4. The molecule has 0 saturated carbocycles. The Balaban J connectivity index is 1.14. The highest BCUT2D eigenvalue weighted by molar-refractivity contribution is 5.96. The van der Waals surface area contributed by atoms with Crippen molar-refractivity contribution in [1.82, 2.24) is 9.80 Å². The largest absolute Gasteiger partial charge is 0.375 e. The van der Waals surface area contributed by atoms with Crippen molar-refractivity contribution in [2.45, 2.75) is 25.4 Å². The van der Waals surface area contributed by atoms with Gasteiger partial charge < -0.3 is 9.64 Å². The zero-order valence-corrected chi connectivity index (χ0v) is 22.0. The number of hydrogen-bond donors (Lipinski definition) is 0. The van der Waals surface area contributed by atoms with E-state index in [1.165, 1.54) is 36.4 Å². The maximum atomic E-state index is 14.4. The lowest BCUT2D eigenvalue weighted by Gasteiger charge is -2.35. The molecule has 5 rings (SSSR count). The molecule has 39 heavy (non-hydrogen) atoms. The van der Waals surface area contributed by atoms with Gasteiger partial charge in [0.1, 0.15) is 17.5 Å². The summed E-state index contributed by atoms with van der Waals surface area (Å²) in [5.41, 5.74) is 3.43. The quantitative estimate of drug-likeness (QED) is 0.371. The molecule has 2 heterocycles. The van der Waals surface area contributed by atoms with Gasteiger partial charge in [-0.15, -0.1) is 0 Å². The number of nitrogens with zero attached hydrogens (tertiary/aromatic N) is 3. The maximum absolute atomic E-state index is 14.4. The van der Waals surface area contributed by atoms with Gasteiger partial charge in [-0.3, -0.25) is 14.6 Å². The summed E-state index contributed by atoms with van der Waals surface area (Å²) in [6.45, 7) is 5.86. The van der Waals surface area contributed by atoms with Gasteiger partial charge in [-0.25, -0.2) is 13.2 Å². The molecule has 0 bridgehead atoms. The topological polar surface area (TPSA) is 36.0 Å². The molecule has 1 amide bonds. The van der Waals surface area contributed by atoms with Crippen molar-refractivity contribution in [2.75, 3.05) is 57.3 Å². The average Bonchev–Trinajstić information content (AvgIpc) is 3.13. The van der Waals surface area contributed by atoms with E-state index in [9.17, 15) is 18.0 Å². The van der Waals surface area contributed by atoms with Crippen molar-refractivity contribution in [3.63, 3.8) is 0 Å². The predicted molar refractivity (Wildman–Crippen MR) is 145 cm³/mol. The molecular formula is C31H34F3N3O2. The standard InChI is InChI=1S/C31H34F3N3O2/c32-25-7-3-23(4-8-25)22-39-19-18-35-14-16-36(17-15-35)21-31(38)37-13-1-2-28(24-5-9-26(33)10-6-24)29-12-11-27(34)20-30(29)37/h3-12,20,28H,1-2,13-19,21-22H2.